The molecule has 176 valence electrons. The fourth-order valence-corrected chi connectivity index (χ4v) is 3.23. The first-order valence-corrected chi connectivity index (χ1v) is 10.7. The second kappa shape index (κ2) is 11.5. The molecule has 0 aliphatic heterocycles. The number of allylic oxidation sites excluding steroid dienone is 1. The summed E-state index contributed by atoms with van der Waals surface area (Å²) in [5, 5.41) is 3.02. The number of nitrogens with one attached hydrogen (secondary N) is 1. The molecular formula is C26H31FN2O4. The number of aryl methyl sites for hydroxylation is 1. The van der Waals surface area contributed by atoms with Crippen LogP contribution in [0.1, 0.15) is 48.3 Å². The maximum atomic E-state index is 13.1. The number of hydrogen-bond acceptors (Lipinski definition) is 5. The number of ether oxygens (including phenoxy) is 1. The third-order valence-corrected chi connectivity index (χ3v) is 4.86. The number of esters is 1. The molecule has 1 N–H and O–H groups in total. The molecule has 0 heterocycles. The van der Waals surface area contributed by atoms with Crippen LogP contribution in [0.4, 0.5) is 4.39 Å². The Labute approximate surface area is 194 Å². The van der Waals surface area contributed by atoms with Crippen LogP contribution in [0, 0.1) is 12.7 Å². The van der Waals surface area contributed by atoms with Gasteiger partial charge < -0.3 is 10.1 Å². The highest BCUT2D eigenvalue weighted by molar-refractivity contribution is 6.06. The largest absolute Gasteiger partial charge is 0.461 e. The highest BCUT2D eigenvalue weighted by atomic mass is 19.1. The number of likely N-dealkylation sites (N-methyl/N-ethyl adjacent to an activating group) is 1. The molecule has 1 unspecified atom stereocenters. The lowest BCUT2D eigenvalue weighted by molar-refractivity contribution is -0.138. The van der Waals surface area contributed by atoms with Gasteiger partial charge in [-0.3, -0.25) is 14.5 Å². The molecule has 0 aromatic heterocycles. The maximum absolute atomic E-state index is 13.1. The van der Waals surface area contributed by atoms with Gasteiger partial charge >= 0.3 is 5.97 Å². The summed E-state index contributed by atoms with van der Waals surface area (Å²) >= 11 is 0. The van der Waals surface area contributed by atoms with Gasteiger partial charge in [-0.1, -0.05) is 24.3 Å². The fourth-order valence-electron chi connectivity index (χ4n) is 3.23. The van der Waals surface area contributed by atoms with Gasteiger partial charge in [0.25, 0.3) is 0 Å². The van der Waals surface area contributed by atoms with Crippen LogP contribution in [0.15, 0.2) is 60.7 Å². The lowest BCUT2D eigenvalue weighted by Crippen LogP contribution is -2.47. The van der Waals surface area contributed by atoms with Gasteiger partial charge in [-0.05, 0) is 76.2 Å². The summed E-state index contributed by atoms with van der Waals surface area (Å²) in [6.07, 6.45) is 2.13. The highest BCUT2D eigenvalue weighted by Gasteiger charge is 2.29. The van der Waals surface area contributed by atoms with Gasteiger partial charge in [0, 0.05) is 23.7 Å². The zero-order valence-electron chi connectivity index (χ0n) is 19.7. The minimum Gasteiger partial charge on any atom is -0.461 e. The van der Waals surface area contributed by atoms with Crippen molar-refractivity contribution >= 4 is 17.7 Å². The summed E-state index contributed by atoms with van der Waals surface area (Å²) in [5.41, 5.74) is 1.73. The van der Waals surface area contributed by atoms with Gasteiger partial charge in [0.05, 0.1) is 0 Å². The minimum absolute atomic E-state index is 0.0373. The summed E-state index contributed by atoms with van der Waals surface area (Å²) in [7, 11) is 1.79. The van der Waals surface area contributed by atoms with Crippen LogP contribution in [0.2, 0.25) is 0 Å². The summed E-state index contributed by atoms with van der Waals surface area (Å²) in [6, 6.07) is 12.1. The number of carbonyl (C=O) groups excluding carboxylic acids is 3. The Hall–Kier alpha value is -3.32. The first kappa shape index (κ1) is 25.9. The van der Waals surface area contributed by atoms with E-state index in [9.17, 15) is 18.8 Å². The number of benzene rings is 2. The maximum Gasteiger partial charge on any atom is 0.330 e. The lowest BCUT2D eigenvalue weighted by Gasteiger charge is -2.31. The van der Waals surface area contributed by atoms with E-state index in [4.69, 9.17) is 4.74 Å². The van der Waals surface area contributed by atoms with Crippen LogP contribution < -0.4 is 5.32 Å². The van der Waals surface area contributed by atoms with Gasteiger partial charge in [0.2, 0.25) is 5.91 Å². The Balaban J connectivity index is 1.98. The van der Waals surface area contributed by atoms with Crippen molar-refractivity contribution in [3.63, 3.8) is 0 Å². The Morgan fingerprint density at radius 2 is 1.70 bits per heavy atom. The molecule has 0 aliphatic rings. The van der Waals surface area contributed by atoms with E-state index in [-0.39, 0.29) is 18.1 Å². The number of ketones is 1. The van der Waals surface area contributed by atoms with Crippen molar-refractivity contribution in [2.75, 3.05) is 20.2 Å². The number of hydrogen-bond donors (Lipinski definition) is 1. The first-order chi connectivity index (χ1) is 15.5. The number of carbonyl (C=O) groups is 3. The van der Waals surface area contributed by atoms with E-state index in [1.54, 1.807) is 7.05 Å². The molecule has 0 saturated heterocycles. The van der Waals surface area contributed by atoms with Crippen LogP contribution in [0.3, 0.4) is 0 Å². The molecule has 7 heteroatoms. The van der Waals surface area contributed by atoms with E-state index in [2.05, 4.69) is 5.32 Å². The smallest absolute Gasteiger partial charge is 0.330 e. The van der Waals surface area contributed by atoms with Crippen molar-refractivity contribution in [2.45, 2.75) is 39.3 Å². The lowest BCUT2D eigenvalue weighted by atomic mass is 9.98. The summed E-state index contributed by atoms with van der Waals surface area (Å²) in [4.78, 5) is 38.9. The monoisotopic (exact) mass is 454 g/mol. The highest BCUT2D eigenvalue weighted by Crippen LogP contribution is 2.24. The Morgan fingerprint density at radius 1 is 1.06 bits per heavy atom. The number of amides is 1. The van der Waals surface area contributed by atoms with Crippen molar-refractivity contribution in [1.82, 2.24) is 10.2 Å². The Morgan fingerprint density at radius 3 is 2.30 bits per heavy atom. The van der Waals surface area contributed by atoms with Crippen LogP contribution in [-0.2, 0) is 14.3 Å². The Bertz CT molecular complexity index is 1010. The summed E-state index contributed by atoms with van der Waals surface area (Å²) < 4.78 is 18.2. The quantitative estimate of drug-likeness (QED) is 0.352. The average molecular weight is 455 g/mol. The average Bonchev–Trinajstić information content (AvgIpc) is 2.73. The molecule has 0 spiro atoms. The summed E-state index contributed by atoms with van der Waals surface area (Å²) in [6.45, 7) is 8.05. The van der Waals surface area contributed by atoms with Crippen molar-refractivity contribution in [3.05, 3.63) is 83.2 Å². The zero-order chi connectivity index (χ0) is 24.6. The zero-order valence-corrected chi connectivity index (χ0v) is 19.7. The van der Waals surface area contributed by atoms with Crippen LogP contribution in [-0.4, -0.2) is 48.3 Å². The van der Waals surface area contributed by atoms with Crippen molar-refractivity contribution in [3.8, 4) is 0 Å². The fraction of sp³-hybridized carbons (Fsp3) is 0.346. The molecule has 2 rings (SSSR count). The van der Waals surface area contributed by atoms with Gasteiger partial charge in [-0.25, -0.2) is 9.18 Å². The first-order valence-electron chi connectivity index (χ1n) is 10.7. The second-order valence-corrected chi connectivity index (χ2v) is 8.85. The van der Waals surface area contributed by atoms with Gasteiger partial charge in [0.15, 0.2) is 5.78 Å². The van der Waals surface area contributed by atoms with Crippen LogP contribution in [0.25, 0.3) is 0 Å². The van der Waals surface area contributed by atoms with Crippen molar-refractivity contribution in [2.24, 2.45) is 0 Å². The van der Waals surface area contributed by atoms with E-state index in [0.717, 1.165) is 23.3 Å². The topological polar surface area (TPSA) is 75.7 Å². The van der Waals surface area contributed by atoms with E-state index < -0.39 is 29.2 Å². The standard InChI is InChI=1S/C26H31FN2O4/c1-18-8-6-7-9-21(18)24(25(32)28-26(2,3)4)29(5)16-17-33-23(31)15-14-22(30)19-10-12-20(27)13-11-19/h6-15,24H,16-17H2,1-5H3,(H,28,32)/b15-14+. The molecule has 0 bridgehead atoms. The molecular weight excluding hydrogens is 423 g/mol. The molecule has 0 radical (unpaired) electrons. The molecule has 0 saturated carbocycles. The molecule has 33 heavy (non-hydrogen) atoms. The third kappa shape index (κ3) is 8.27. The second-order valence-electron chi connectivity index (χ2n) is 8.85. The predicted molar refractivity (Wildman–Crippen MR) is 125 cm³/mol. The van der Waals surface area contributed by atoms with E-state index in [0.29, 0.717) is 6.54 Å². The normalized spacial score (nSPS) is 12.6. The SMILES string of the molecule is Cc1ccccc1C(C(=O)NC(C)(C)C)N(C)CCOC(=O)/C=C/C(=O)c1ccc(F)cc1. The predicted octanol–water partition coefficient (Wildman–Crippen LogP) is 4.00. The molecule has 2 aromatic carbocycles. The minimum atomic E-state index is -0.676. The van der Waals surface area contributed by atoms with E-state index in [1.807, 2.05) is 56.9 Å². The van der Waals surface area contributed by atoms with E-state index >= 15 is 0 Å². The van der Waals surface area contributed by atoms with Crippen LogP contribution >= 0.6 is 0 Å². The molecule has 1 amide bonds. The Kier molecular flexibility index (Phi) is 9.05. The van der Waals surface area contributed by atoms with Crippen molar-refractivity contribution in [1.29, 1.82) is 0 Å². The van der Waals surface area contributed by atoms with Crippen molar-refractivity contribution < 1.29 is 23.5 Å². The third-order valence-electron chi connectivity index (χ3n) is 4.86. The summed E-state index contributed by atoms with van der Waals surface area (Å²) in [5.74, 6) is -1.69. The number of rotatable bonds is 9. The van der Waals surface area contributed by atoms with Gasteiger partial charge in [-0.2, -0.15) is 0 Å². The van der Waals surface area contributed by atoms with Gasteiger partial charge in [-0.15, -0.1) is 0 Å². The molecule has 0 aliphatic carbocycles. The molecule has 0 fully saturated rings. The van der Waals surface area contributed by atoms with Crippen LogP contribution in [0.5, 0.6) is 0 Å². The van der Waals surface area contributed by atoms with E-state index in [1.165, 1.54) is 24.3 Å². The van der Waals surface area contributed by atoms with Gasteiger partial charge in [0.1, 0.15) is 18.5 Å². The molecule has 2 aromatic rings. The number of halogens is 1. The molecule has 1 atom stereocenters. The molecule has 6 nitrogen and oxygen atoms in total. The number of nitrogens with zero attached hydrogens (tertiary/aromatic N) is 1.